The number of hydrogen-bond donors (Lipinski definition) is 1. The van der Waals surface area contributed by atoms with Crippen LogP contribution in [0.15, 0.2) is 29.3 Å². The van der Waals surface area contributed by atoms with E-state index in [1.807, 2.05) is 7.05 Å². The molecule has 0 bridgehead atoms. The van der Waals surface area contributed by atoms with E-state index in [0.29, 0.717) is 0 Å². The van der Waals surface area contributed by atoms with E-state index < -0.39 is 0 Å². The Morgan fingerprint density at radius 3 is 2.53 bits per heavy atom. The lowest BCUT2D eigenvalue weighted by Gasteiger charge is -2.01. The number of rotatable bonds is 8. The van der Waals surface area contributed by atoms with Crippen LogP contribution < -0.4 is 5.32 Å². The highest BCUT2D eigenvalue weighted by Crippen LogP contribution is 1.93. The first-order chi connectivity index (χ1) is 7.35. The zero-order valence-electron chi connectivity index (χ0n) is 10.3. The maximum Gasteiger partial charge on any atom is 0.0572 e. The summed E-state index contributed by atoms with van der Waals surface area (Å²) in [5.41, 5.74) is 1.30. The third-order valence-electron chi connectivity index (χ3n) is 2.11. The smallest absolute Gasteiger partial charge is 0.0572 e. The molecule has 0 atom stereocenters. The lowest BCUT2D eigenvalue weighted by molar-refractivity contribution is 0.815. The predicted octanol–water partition coefficient (Wildman–Crippen LogP) is 2.97. The Kier molecular flexibility index (Phi) is 10.5. The highest BCUT2D eigenvalue weighted by Gasteiger charge is 1.93. The largest absolute Gasteiger partial charge is 0.319 e. The molecule has 2 heteroatoms. The first kappa shape index (κ1) is 14.1. The predicted molar refractivity (Wildman–Crippen MR) is 69.7 cm³/mol. The van der Waals surface area contributed by atoms with Crippen molar-refractivity contribution < 1.29 is 0 Å². The summed E-state index contributed by atoms with van der Waals surface area (Å²) in [4.78, 5) is 4.53. The highest BCUT2D eigenvalue weighted by molar-refractivity contribution is 5.84. The molecule has 0 amide bonds. The Bertz CT molecular complexity index is 215. The number of nitrogens with zero attached hydrogens (tertiary/aromatic N) is 1. The summed E-state index contributed by atoms with van der Waals surface area (Å²) < 4.78 is 0. The van der Waals surface area contributed by atoms with Crippen LogP contribution in [-0.4, -0.2) is 25.8 Å². The lowest BCUT2D eigenvalue weighted by atomic mass is 10.2. The quantitative estimate of drug-likeness (QED) is 0.481. The Hall–Kier alpha value is -0.890. The van der Waals surface area contributed by atoms with Gasteiger partial charge in [0.2, 0.25) is 0 Å². The van der Waals surface area contributed by atoms with Crippen LogP contribution in [-0.2, 0) is 0 Å². The fraction of sp³-hybridized carbons (Fsp3) is 0.615. The van der Waals surface area contributed by atoms with Crippen molar-refractivity contribution in [2.75, 3.05) is 20.1 Å². The minimum atomic E-state index is 0.806. The summed E-state index contributed by atoms with van der Waals surface area (Å²) in [6.45, 7) is 6.12. The normalized spacial score (nSPS) is 13.1. The average molecular weight is 208 g/mol. The van der Waals surface area contributed by atoms with E-state index in [-0.39, 0.29) is 0 Å². The summed E-state index contributed by atoms with van der Waals surface area (Å²) in [5.74, 6) is 0. The molecule has 86 valence electrons. The molecule has 0 fully saturated rings. The van der Waals surface area contributed by atoms with E-state index in [9.17, 15) is 0 Å². The topological polar surface area (TPSA) is 24.4 Å². The van der Waals surface area contributed by atoms with Gasteiger partial charge in [-0.2, -0.15) is 0 Å². The van der Waals surface area contributed by atoms with Crippen LogP contribution in [0.2, 0.25) is 0 Å². The maximum absolute atomic E-state index is 4.53. The lowest BCUT2D eigenvalue weighted by Crippen LogP contribution is -2.12. The first-order valence-electron chi connectivity index (χ1n) is 5.83. The van der Waals surface area contributed by atoms with Crippen LogP contribution in [0, 0.1) is 0 Å². The van der Waals surface area contributed by atoms with Crippen LogP contribution in [0.3, 0.4) is 0 Å². The van der Waals surface area contributed by atoms with E-state index in [1.165, 1.54) is 5.71 Å². The second-order valence-corrected chi connectivity index (χ2v) is 3.38. The third-order valence-corrected chi connectivity index (χ3v) is 2.11. The fourth-order valence-corrected chi connectivity index (χ4v) is 1.17. The number of nitrogens with one attached hydrogen (secondary N) is 1. The average Bonchev–Trinajstić information content (AvgIpc) is 2.27. The molecule has 0 spiro atoms. The number of allylic oxidation sites excluding steroid dienone is 3. The van der Waals surface area contributed by atoms with E-state index >= 15 is 0 Å². The van der Waals surface area contributed by atoms with Crippen LogP contribution in [0.25, 0.3) is 0 Å². The van der Waals surface area contributed by atoms with Crippen LogP contribution in [0.5, 0.6) is 0 Å². The van der Waals surface area contributed by atoms with Gasteiger partial charge in [0, 0.05) is 12.3 Å². The molecule has 0 aliphatic carbocycles. The highest BCUT2D eigenvalue weighted by atomic mass is 14.8. The molecule has 0 aromatic rings. The minimum Gasteiger partial charge on any atom is -0.319 e. The van der Waals surface area contributed by atoms with E-state index in [2.05, 4.69) is 48.5 Å². The summed E-state index contributed by atoms with van der Waals surface area (Å²) in [6, 6.07) is 0. The van der Waals surface area contributed by atoms with Crippen molar-refractivity contribution in [1.82, 2.24) is 5.32 Å². The SMILES string of the molecule is CCC=CC=CCN=C(CC)CCNC. The van der Waals surface area contributed by atoms with Gasteiger partial charge in [0.15, 0.2) is 0 Å². The van der Waals surface area contributed by atoms with Crippen molar-refractivity contribution in [2.45, 2.75) is 33.1 Å². The number of aliphatic imine (C=N–C) groups is 1. The molecule has 0 heterocycles. The van der Waals surface area contributed by atoms with E-state index in [1.54, 1.807) is 0 Å². The minimum absolute atomic E-state index is 0.806. The van der Waals surface area contributed by atoms with Crippen LogP contribution in [0.4, 0.5) is 0 Å². The van der Waals surface area contributed by atoms with Crippen LogP contribution in [0.1, 0.15) is 33.1 Å². The van der Waals surface area contributed by atoms with Crippen molar-refractivity contribution in [3.05, 3.63) is 24.3 Å². The molecule has 0 unspecified atom stereocenters. The molecule has 0 saturated carbocycles. The summed E-state index contributed by atoms with van der Waals surface area (Å²) >= 11 is 0. The van der Waals surface area contributed by atoms with Crippen molar-refractivity contribution in [1.29, 1.82) is 0 Å². The van der Waals surface area contributed by atoms with Gasteiger partial charge in [-0.25, -0.2) is 0 Å². The van der Waals surface area contributed by atoms with Crippen LogP contribution >= 0.6 is 0 Å². The first-order valence-corrected chi connectivity index (χ1v) is 5.83. The molecule has 0 aliphatic heterocycles. The van der Waals surface area contributed by atoms with Crippen molar-refractivity contribution in [3.8, 4) is 0 Å². The van der Waals surface area contributed by atoms with Gasteiger partial charge < -0.3 is 5.32 Å². The van der Waals surface area contributed by atoms with E-state index in [4.69, 9.17) is 0 Å². The standard InChI is InChI=1S/C13H24N2/c1-4-6-7-8-9-11-15-13(5-2)10-12-14-3/h6-9,14H,4-5,10-12H2,1-3H3. The second-order valence-electron chi connectivity index (χ2n) is 3.38. The zero-order chi connectivity index (χ0) is 11.4. The molecule has 1 N–H and O–H groups in total. The molecule has 2 nitrogen and oxygen atoms in total. The van der Waals surface area contributed by atoms with E-state index in [0.717, 1.165) is 32.4 Å². The molecule has 0 aromatic heterocycles. The summed E-state index contributed by atoms with van der Waals surface area (Å²) in [6.07, 6.45) is 11.6. The van der Waals surface area contributed by atoms with Gasteiger partial charge in [-0.15, -0.1) is 0 Å². The van der Waals surface area contributed by atoms with Gasteiger partial charge in [0.25, 0.3) is 0 Å². The van der Waals surface area contributed by atoms with Gasteiger partial charge in [-0.05, 0) is 26.3 Å². The monoisotopic (exact) mass is 208 g/mol. The van der Waals surface area contributed by atoms with Crippen molar-refractivity contribution >= 4 is 5.71 Å². The van der Waals surface area contributed by atoms with Gasteiger partial charge in [0.1, 0.15) is 0 Å². The molecule has 15 heavy (non-hydrogen) atoms. The van der Waals surface area contributed by atoms with Gasteiger partial charge in [0.05, 0.1) is 6.54 Å². The van der Waals surface area contributed by atoms with Crippen molar-refractivity contribution in [2.24, 2.45) is 4.99 Å². The molecule has 0 rings (SSSR count). The summed E-state index contributed by atoms with van der Waals surface area (Å²) in [7, 11) is 1.97. The molecule has 0 saturated heterocycles. The van der Waals surface area contributed by atoms with Gasteiger partial charge in [-0.3, -0.25) is 4.99 Å². The molecule has 0 aliphatic rings. The van der Waals surface area contributed by atoms with Gasteiger partial charge >= 0.3 is 0 Å². The molecule has 0 radical (unpaired) electrons. The number of hydrogen-bond acceptors (Lipinski definition) is 2. The Morgan fingerprint density at radius 1 is 1.20 bits per heavy atom. The van der Waals surface area contributed by atoms with Crippen molar-refractivity contribution in [3.63, 3.8) is 0 Å². The summed E-state index contributed by atoms with van der Waals surface area (Å²) in [5, 5.41) is 3.14. The molecular weight excluding hydrogens is 184 g/mol. The Labute approximate surface area is 94.2 Å². The molecular formula is C13H24N2. The second kappa shape index (κ2) is 11.2. The van der Waals surface area contributed by atoms with Gasteiger partial charge in [-0.1, -0.05) is 38.2 Å². The maximum atomic E-state index is 4.53. The Morgan fingerprint density at radius 2 is 1.93 bits per heavy atom. The zero-order valence-corrected chi connectivity index (χ0v) is 10.3. The fourth-order valence-electron chi connectivity index (χ4n) is 1.17. The molecule has 0 aromatic carbocycles. The Balaban J connectivity index is 3.79. The third kappa shape index (κ3) is 9.42.